The van der Waals surface area contributed by atoms with Crippen LogP contribution in [0.2, 0.25) is 0 Å². The molecule has 94 valence electrons. The topological polar surface area (TPSA) is 72.2 Å². The highest BCUT2D eigenvalue weighted by atomic mass is 32.2. The Bertz CT molecular complexity index is 560. The number of benzene rings is 1. The van der Waals surface area contributed by atoms with E-state index >= 15 is 0 Å². The minimum Gasteiger partial charge on any atom is -0.392 e. The fraction of sp³-hybridized carbons (Fsp3) is 0.125. The molecule has 0 unspecified atom stereocenters. The Morgan fingerprint density at radius 1 is 1.24 bits per heavy atom. The summed E-state index contributed by atoms with van der Waals surface area (Å²) in [7, 11) is -4.03. The van der Waals surface area contributed by atoms with Gasteiger partial charge in [0.05, 0.1) is 10.7 Å². The third-order valence-electron chi connectivity index (χ3n) is 1.61. The molecule has 0 bridgehead atoms. The van der Waals surface area contributed by atoms with Crippen molar-refractivity contribution in [2.24, 2.45) is 5.73 Å². The average molecular weight is 284 g/mol. The quantitative estimate of drug-likeness (QED) is 0.642. The van der Waals surface area contributed by atoms with Crippen LogP contribution in [0, 0.1) is 17.5 Å². The van der Waals surface area contributed by atoms with E-state index in [1.807, 2.05) is 0 Å². The molecule has 1 aromatic carbocycles. The largest absolute Gasteiger partial charge is 0.392 e. The lowest BCUT2D eigenvalue weighted by atomic mass is 10.3. The van der Waals surface area contributed by atoms with Crippen molar-refractivity contribution in [2.45, 2.75) is 0 Å². The van der Waals surface area contributed by atoms with Crippen molar-refractivity contribution in [3.8, 4) is 0 Å². The molecule has 0 atom stereocenters. The molecule has 0 aliphatic carbocycles. The Labute approximate surface area is 101 Å². The van der Waals surface area contributed by atoms with Gasteiger partial charge < -0.3 is 5.73 Å². The SMILES string of the molecule is NC(=S)CS(=O)(=O)Nc1cc(F)c(F)cc1F. The number of rotatable bonds is 4. The number of thiocarbonyl (C=S) groups is 1. The molecule has 3 N–H and O–H groups in total. The second-order valence-electron chi connectivity index (χ2n) is 3.07. The van der Waals surface area contributed by atoms with Gasteiger partial charge in [-0.25, -0.2) is 21.6 Å². The third kappa shape index (κ3) is 3.86. The highest BCUT2D eigenvalue weighted by molar-refractivity contribution is 7.95. The van der Waals surface area contributed by atoms with Crippen molar-refractivity contribution < 1.29 is 21.6 Å². The van der Waals surface area contributed by atoms with E-state index in [9.17, 15) is 21.6 Å². The zero-order valence-corrected chi connectivity index (χ0v) is 9.84. The summed E-state index contributed by atoms with van der Waals surface area (Å²) in [5, 5.41) is 0. The molecule has 4 nitrogen and oxygen atoms in total. The van der Waals surface area contributed by atoms with Crippen molar-refractivity contribution in [1.29, 1.82) is 0 Å². The number of hydrogen-bond donors (Lipinski definition) is 2. The first-order valence-electron chi connectivity index (χ1n) is 4.14. The number of anilines is 1. The van der Waals surface area contributed by atoms with E-state index in [0.717, 1.165) is 0 Å². The van der Waals surface area contributed by atoms with E-state index in [0.29, 0.717) is 6.07 Å². The van der Waals surface area contributed by atoms with Gasteiger partial charge in [0.15, 0.2) is 11.6 Å². The summed E-state index contributed by atoms with van der Waals surface area (Å²) in [4.78, 5) is -0.333. The first-order valence-corrected chi connectivity index (χ1v) is 6.20. The van der Waals surface area contributed by atoms with Gasteiger partial charge in [-0.2, -0.15) is 0 Å². The van der Waals surface area contributed by atoms with Gasteiger partial charge in [0.2, 0.25) is 10.0 Å². The zero-order valence-electron chi connectivity index (χ0n) is 8.21. The number of nitrogens with two attached hydrogens (primary N) is 1. The molecule has 0 aromatic heterocycles. The number of hydrogen-bond acceptors (Lipinski definition) is 3. The summed E-state index contributed by atoms with van der Waals surface area (Å²) in [6, 6.07) is 0.621. The van der Waals surface area contributed by atoms with Crippen LogP contribution in [-0.4, -0.2) is 19.2 Å². The van der Waals surface area contributed by atoms with Crippen LogP contribution < -0.4 is 10.5 Å². The Hall–Kier alpha value is -1.35. The van der Waals surface area contributed by atoms with Gasteiger partial charge in [-0.3, -0.25) is 4.72 Å². The highest BCUT2D eigenvalue weighted by Crippen LogP contribution is 2.19. The summed E-state index contributed by atoms with van der Waals surface area (Å²) in [6.45, 7) is 0. The zero-order chi connectivity index (χ0) is 13.2. The summed E-state index contributed by atoms with van der Waals surface area (Å²) in [5.74, 6) is -4.75. The van der Waals surface area contributed by atoms with Gasteiger partial charge in [0.25, 0.3) is 0 Å². The fourth-order valence-electron chi connectivity index (χ4n) is 0.992. The minimum absolute atomic E-state index is 0.230. The summed E-state index contributed by atoms with van der Waals surface area (Å²) < 4.78 is 62.7. The fourth-order valence-corrected chi connectivity index (χ4v) is 2.40. The molecule has 0 fully saturated rings. The monoisotopic (exact) mass is 284 g/mol. The van der Waals surface area contributed by atoms with Crippen LogP contribution >= 0.6 is 12.2 Å². The molecule has 0 aliphatic rings. The van der Waals surface area contributed by atoms with Crippen molar-refractivity contribution in [3.05, 3.63) is 29.6 Å². The van der Waals surface area contributed by atoms with Crippen molar-refractivity contribution in [2.75, 3.05) is 10.5 Å². The molecule has 0 saturated carbocycles. The first kappa shape index (κ1) is 13.7. The molecule has 0 saturated heterocycles. The number of halogens is 3. The lowest BCUT2D eigenvalue weighted by Gasteiger charge is -2.08. The smallest absolute Gasteiger partial charge is 0.239 e. The molecule has 1 aromatic rings. The molecular weight excluding hydrogens is 277 g/mol. The lowest BCUT2D eigenvalue weighted by Crippen LogP contribution is -2.26. The number of sulfonamides is 1. The van der Waals surface area contributed by atoms with Crippen LogP contribution in [0.3, 0.4) is 0 Å². The van der Waals surface area contributed by atoms with Gasteiger partial charge >= 0.3 is 0 Å². The van der Waals surface area contributed by atoms with E-state index < -0.39 is 38.9 Å². The maximum Gasteiger partial charge on any atom is 0.239 e. The van der Waals surface area contributed by atoms with E-state index in [1.54, 1.807) is 4.72 Å². The maximum absolute atomic E-state index is 13.1. The second kappa shape index (κ2) is 4.88. The van der Waals surface area contributed by atoms with Crippen LogP contribution in [-0.2, 0) is 10.0 Å². The molecular formula is C8H7F3N2O2S2. The standard InChI is InChI=1S/C8H7F3N2O2S2/c9-4-1-6(11)7(2-5(4)10)13-17(14,15)3-8(12)16/h1-2,13H,3H2,(H2,12,16). The van der Waals surface area contributed by atoms with E-state index in [4.69, 9.17) is 5.73 Å². The van der Waals surface area contributed by atoms with Crippen LogP contribution in [0.1, 0.15) is 0 Å². The van der Waals surface area contributed by atoms with Crippen LogP contribution in [0.15, 0.2) is 12.1 Å². The second-order valence-corrected chi connectivity index (χ2v) is 5.32. The maximum atomic E-state index is 13.1. The Kier molecular flexibility index (Phi) is 3.94. The van der Waals surface area contributed by atoms with Gasteiger partial charge in [0, 0.05) is 12.1 Å². The van der Waals surface area contributed by atoms with Crippen molar-refractivity contribution >= 4 is 32.9 Å². The van der Waals surface area contributed by atoms with E-state index in [2.05, 4.69) is 12.2 Å². The van der Waals surface area contributed by atoms with Crippen molar-refractivity contribution in [3.63, 3.8) is 0 Å². The highest BCUT2D eigenvalue weighted by Gasteiger charge is 2.17. The molecule has 0 heterocycles. The molecule has 9 heteroatoms. The first-order chi connectivity index (χ1) is 7.71. The van der Waals surface area contributed by atoms with Gasteiger partial charge in [-0.05, 0) is 0 Å². The normalized spacial score (nSPS) is 11.2. The van der Waals surface area contributed by atoms with Crippen LogP contribution in [0.25, 0.3) is 0 Å². The molecule has 0 aliphatic heterocycles. The molecule has 0 radical (unpaired) electrons. The Balaban J connectivity index is 3.04. The Morgan fingerprint density at radius 2 is 1.76 bits per heavy atom. The van der Waals surface area contributed by atoms with E-state index in [1.165, 1.54) is 0 Å². The van der Waals surface area contributed by atoms with Gasteiger partial charge in [-0.15, -0.1) is 0 Å². The summed E-state index contributed by atoms with van der Waals surface area (Å²) in [5.41, 5.74) is 4.30. The van der Waals surface area contributed by atoms with Crippen LogP contribution in [0.4, 0.5) is 18.9 Å². The molecule has 17 heavy (non-hydrogen) atoms. The molecule has 0 spiro atoms. The molecule has 0 amide bonds. The lowest BCUT2D eigenvalue weighted by molar-refractivity contribution is 0.496. The third-order valence-corrected chi connectivity index (χ3v) is 3.16. The predicted molar refractivity (Wildman–Crippen MR) is 60.5 cm³/mol. The summed E-state index contributed by atoms with van der Waals surface area (Å²) in [6.07, 6.45) is 0. The number of nitrogens with one attached hydrogen (secondary N) is 1. The average Bonchev–Trinajstić information content (AvgIpc) is 2.11. The minimum atomic E-state index is -4.03. The van der Waals surface area contributed by atoms with Gasteiger partial charge in [-0.1, -0.05) is 12.2 Å². The predicted octanol–water partition coefficient (Wildman–Crippen LogP) is 1.13. The Morgan fingerprint density at radius 3 is 2.29 bits per heavy atom. The summed E-state index contributed by atoms with van der Waals surface area (Å²) >= 11 is 4.37. The van der Waals surface area contributed by atoms with E-state index in [-0.39, 0.29) is 11.1 Å². The van der Waals surface area contributed by atoms with Crippen LogP contribution in [0.5, 0.6) is 0 Å². The molecule has 1 rings (SSSR count). The van der Waals surface area contributed by atoms with Gasteiger partial charge in [0.1, 0.15) is 11.6 Å². The van der Waals surface area contributed by atoms with Crippen molar-refractivity contribution in [1.82, 2.24) is 0 Å².